The Morgan fingerprint density at radius 3 is 2.61 bits per heavy atom. The summed E-state index contributed by atoms with van der Waals surface area (Å²) in [6.45, 7) is 1.41. The molecule has 0 saturated heterocycles. The molecule has 0 amide bonds. The number of aryl methyl sites for hydroxylation is 1. The Labute approximate surface area is 113 Å². The van der Waals surface area contributed by atoms with Crippen LogP contribution in [-0.2, 0) is 6.18 Å². The fourth-order valence-corrected chi connectivity index (χ4v) is 3.32. The molecule has 0 saturated carbocycles. The van der Waals surface area contributed by atoms with Crippen LogP contribution in [0.5, 0.6) is 0 Å². The van der Waals surface area contributed by atoms with Crippen molar-refractivity contribution in [1.29, 1.82) is 0 Å². The van der Waals surface area contributed by atoms with Gasteiger partial charge in [-0.15, -0.1) is 0 Å². The van der Waals surface area contributed by atoms with E-state index in [2.05, 4.69) is 9.37 Å². The average Bonchev–Trinajstić information content (AvgIpc) is 2.66. The Balaban J connectivity index is 2.53. The van der Waals surface area contributed by atoms with E-state index < -0.39 is 11.7 Å². The molecule has 2 aromatic rings. The van der Waals surface area contributed by atoms with E-state index in [1.807, 2.05) is 0 Å². The van der Waals surface area contributed by atoms with Crippen LogP contribution in [0.25, 0.3) is 0 Å². The maximum Gasteiger partial charge on any atom is 0.416 e. The van der Waals surface area contributed by atoms with Crippen molar-refractivity contribution in [1.82, 2.24) is 4.37 Å². The first kappa shape index (κ1) is 13.5. The molecule has 0 aliphatic heterocycles. The van der Waals surface area contributed by atoms with Gasteiger partial charge in [0.15, 0.2) is 9.82 Å². The molecule has 18 heavy (non-hydrogen) atoms. The van der Waals surface area contributed by atoms with Gasteiger partial charge in [0.25, 0.3) is 0 Å². The smallest absolute Gasteiger partial charge is 0.234 e. The van der Waals surface area contributed by atoms with Gasteiger partial charge in [-0.1, -0.05) is 17.7 Å². The van der Waals surface area contributed by atoms with Crippen molar-refractivity contribution >= 4 is 38.2 Å². The van der Waals surface area contributed by atoms with Crippen LogP contribution in [0, 0.1) is 6.92 Å². The molecule has 0 N–H and O–H groups in total. The zero-order valence-electron chi connectivity index (χ0n) is 8.95. The van der Waals surface area contributed by atoms with Crippen LogP contribution in [0.15, 0.2) is 23.2 Å². The van der Waals surface area contributed by atoms with Crippen molar-refractivity contribution < 1.29 is 13.2 Å². The SMILES string of the molecule is Cc1ccc(/N=c2\ssnc2Cl)cc1C(F)(F)F. The highest BCUT2D eigenvalue weighted by Gasteiger charge is 2.32. The number of hydrogen-bond acceptors (Lipinski definition) is 4. The van der Waals surface area contributed by atoms with Crippen LogP contribution < -0.4 is 4.67 Å². The van der Waals surface area contributed by atoms with E-state index in [1.165, 1.54) is 29.4 Å². The van der Waals surface area contributed by atoms with Gasteiger partial charge < -0.3 is 0 Å². The summed E-state index contributed by atoms with van der Waals surface area (Å²) in [6, 6.07) is 3.92. The Morgan fingerprint density at radius 1 is 1.33 bits per heavy atom. The van der Waals surface area contributed by atoms with E-state index in [9.17, 15) is 13.2 Å². The summed E-state index contributed by atoms with van der Waals surface area (Å²) in [6.07, 6.45) is -4.38. The molecule has 0 fully saturated rings. The lowest BCUT2D eigenvalue weighted by molar-refractivity contribution is -0.138. The van der Waals surface area contributed by atoms with Crippen molar-refractivity contribution in [2.45, 2.75) is 13.1 Å². The predicted octanol–water partition coefficient (Wildman–Crippen LogP) is 4.42. The third kappa shape index (κ3) is 2.90. The molecular formula is C10H6ClF3N2S2. The second-order valence-electron chi connectivity index (χ2n) is 3.45. The lowest BCUT2D eigenvalue weighted by Gasteiger charge is -2.10. The normalized spacial score (nSPS) is 13.1. The van der Waals surface area contributed by atoms with Crippen LogP contribution in [0.3, 0.4) is 0 Å². The van der Waals surface area contributed by atoms with Gasteiger partial charge in [-0.2, -0.15) is 17.5 Å². The fourth-order valence-electron chi connectivity index (χ4n) is 1.33. The number of halogens is 4. The highest BCUT2D eigenvalue weighted by atomic mass is 35.5. The van der Waals surface area contributed by atoms with Gasteiger partial charge in [-0.3, -0.25) is 0 Å². The Bertz CT molecular complexity index is 631. The van der Waals surface area contributed by atoms with Gasteiger partial charge in [-0.25, -0.2) is 4.99 Å². The molecule has 0 unspecified atom stereocenters. The minimum atomic E-state index is -4.38. The molecule has 1 aromatic carbocycles. The van der Waals surface area contributed by atoms with Crippen LogP contribution in [0.4, 0.5) is 18.9 Å². The molecule has 0 atom stereocenters. The number of aromatic nitrogens is 1. The second kappa shape index (κ2) is 4.99. The molecular weight excluding hydrogens is 305 g/mol. The third-order valence-corrected chi connectivity index (χ3v) is 4.34. The zero-order valence-corrected chi connectivity index (χ0v) is 11.3. The van der Waals surface area contributed by atoms with Crippen molar-refractivity contribution in [3.05, 3.63) is 39.2 Å². The molecule has 2 nitrogen and oxygen atoms in total. The lowest BCUT2D eigenvalue weighted by atomic mass is 10.1. The Morgan fingerprint density at radius 2 is 2.06 bits per heavy atom. The van der Waals surface area contributed by atoms with Gasteiger partial charge >= 0.3 is 6.18 Å². The molecule has 0 aliphatic carbocycles. The van der Waals surface area contributed by atoms with Crippen molar-refractivity contribution in [2.24, 2.45) is 4.99 Å². The molecule has 2 rings (SSSR count). The summed E-state index contributed by atoms with van der Waals surface area (Å²) in [5.41, 5.74) is -0.306. The predicted molar refractivity (Wildman–Crippen MR) is 66.4 cm³/mol. The minimum absolute atomic E-state index is 0.166. The molecule has 0 radical (unpaired) electrons. The van der Waals surface area contributed by atoms with Crippen LogP contribution in [-0.4, -0.2) is 4.37 Å². The first-order valence-electron chi connectivity index (χ1n) is 4.72. The maximum atomic E-state index is 12.7. The summed E-state index contributed by atoms with van der Waals surface area (Å²) >= 11 is 5.74. The Kier molecular flexibility index (Phi) is 3.74. The Hall–Kier alpha value is -0.920. The number of benzene rings is 1. The molecule has 8 heteroatoms. The number of alkyl halides is 3. The van der Waals surface area contributed by atoms with E-state index in [1.54, 1.807) is 0 Å². The van der Waals surface area contributed by atoms with Crippen LogP contribution >= 0.6 is 32.5 Å². The van der Waals surface area contributed by atoms with Crippen molar-refractivity contribution in [3.63, 3.8) is 0 Å². The lowest BCUT2D eigenvalue weighted by Crippen LogP contribution is -2.07. The highest BCUT2D eigenvalue weighted by molar-refractivity contribution is 7.66. The van der Waals surface area contributed by atoms with Crippen LogP contribution in [0.1, 0.15) is 11.1 Å². The topological polar surface area (TPSA) is 25.2 Å². The largest absolute Gasteiger partial charge is 0.416 e. The molecule has 0 bridgehead atoms. The molecule has 1 aromatic heterocycles. The van der Waals surface area contributed by atoms with E-state index >= 15 is 0 Å². The second-order valence-corrected chi connectivity index (χ2v) is 5.64. The molecule has 0 spiro atoms. The van der Waals surface area contributed by atoms with Gasteiger partial charge in [0, 0.05) is 10.5 Å². The first-order chi connectivity index (χ1) is 8.38. The number of hydrogen-bond donors (Lipinski definition) is 0. The fraction of sp³-hybridized carbons (Fsp3) is 0.200. The molecule has 1 heterocycles. The van der Waals surface area contributed by atoms with Gasteiger partial charge in [0.1, 0.15) is 0 Å². The first-order valence-corrected chi connectivity index (χ1v) is 7.20. The van der Waals surface area contributed by atoms with E-state index in [-0.39, 0.29) is 16.4 Å². The summed E-state index contributed by atoms with van der Waals surface area (Å²) in [5.74, 6) is 0. The number of nitrogens with zero attached hydrogens (tertiary/aromatic N) is 2. The zero-order chi connectivity index (χ0) is 13.3. The maximum absolute atomic E-state index is 12.7. The summed E-state index contributed by atoms with van der Waals surface area (Å²) < 4.78 is 42.4. The van der Waals surface area contributed by atoms with Gasteiger partial charge in [0.05, 0.1) is 11.3 Å². The molecule has 0 aliphatic rings. The monoisotopic (exact) mass is 310 g/mol. The van der Waals surface area contributed by atoms with E-state index in [4.69, 9.17) is 11.6 Å². The molecule has 96 valence electrons. The standard InChI is InChI=1S/C10H6ClF3N2S2/c1-5-2-3-6(4-7(5)10(12,13)14)15-9-8(11)16-18-17-9/h2-4H,1H3/b15-9-. The van der Waals surface area contributed by atoms with Crippen molar-refractivity contribution in [3.8, 4) is 0 Å². The van der Waals surface area contributed by atoms with E-state index in [0.29, 0.717) is 4.67 Å². The number of rotatable bonds is 1. The summed E-state index contributed by atoms with van der Waals surface area (Å²) in [5, 5.41) is 0.208. The van der Waals surface area contributed by atoms with E-state index in [0.717, 1.165) is 16.6 Å². The van der Waals surface area contributed by atoms with Crippen LogP contribution in [0.2, 0.25) is 5.15 Å². The minimum Gasteiger partial charge on any atom is -0.234 e. The average molecular weight is 311 g/mol. The van der Waals surface area contributed by atoms with Gasteiger partial charge in [-0.05, 0) is 35.0 Å². The summed E-state index contributed by atoms with van der Waals surface area (Å²) in [4.78, 5) is 4.05. The summed E-state index contributed by atoms with van der Waals surface area (Å²) in [7, 11) is 2.35. The quantitative estimate of drug-likeness (QED) is 0.716. The highest BCUT2D eigenvalue weighted by Crippen LogP contribution is 2.34. The van der Waals surface area contributed by atoms with Crippen molar-refractivity contribution in [2.75, 3.05) is 0 Å². The van der Waals surface area contributed by atoms with Gasteiger partial charge in [0.2, 0.25) is 0 Å². The third-order valence-electron chi connectivity index (χ3n) is 2.17.